The van der Waals surface area contributed by atoms with Crippen LogP contribution in [-0.2, 0) is 0 Å². The van der Waals surface area contributed by atoms with Crippen LogP contribution in [0.5, 0.6) is 0 Å². The Bertz CT molecular complexity index is 4760. The molecule has 3 aliphatic rings. The maximum absolute atomic E-state index is 5.39. The van der Waals surface area contributed by atoms with Crippen molar-refractivity contribution in [1.82, 2.24) is 19.9 Å². The number of thiophene rings is 2. The predicted octanol–water partition coefficient (Wildman–Crippen LogP) is 20.3. The van der Waals surface area contributed by atoms with E-state index in [1.807, 2.05) is 34.8 Å². The van der Waals surface area contributed by atoms with E-state index in [1.54, 1.807) is 0 Å². The first-order chi connectivity index (χ1) is 40.6. The summed E-state index contributed by atoms with van der Waals surface area (Å²) in [6, 6.07) is 96.9. The van der Waals surface area contributed by atoms with Gasteiger partial charge in [0.1, 0.15) is 0 Å². The molecule has 15 aromatic rings. The van der Waals surface area contributed by atoms with Gasteiger partial charge in [0.25, 0.3) is 0 Å². The molecule has 0 saturated carbocycles. The molecule has 4 nitrogen and oxygen atoms in total. The molecular formula is C76H46N4S2. The normalized spacial score (nSPS) is 14.1. The topological polar surface area (TPSA) is 51.6 Å². The summed E-state index contributed by atoms with van der Waals surface area (Å²) in [4.78, 5) is 21.5. The zero-order chi connectivity index (χ0) is 53.8. The van der Waals surface area contributed by atoms with Gasteiger partial charge in [-0.3, -0.25) is 0 Å². The molecule has 0 saturated heterocycles. The van der Waals surface area contributed by atoms with Gasteiger partial charge in [0.2, 0.25) is 0 Å². The van der Waals surface area contributed by atoms with Gasteiger partial charge in [0.15, 0.2) is 11.6 Å². The Balaban J connectivity index is 0.776. The smallest absolute Gasteiger partial charge is 0.160 e. The van der Waals surface area contributed by atoms with Crippen molar-refractivity contribution < 1.29 is 0 Å². The first-order valence-electron chi connectivity index (χ1n) is 27.9. The van der Waals surface area contributed by atoms with Crippen LogP contribution in [0, 0.1) is 0 Å². The molecule has 82 heavy (non-hydrogen) atoms. The Hall–Kier alpha value is -9.98. The molecule has 2 unspecified atom stereocenters. The van der Waals surface area contributed by atoms with Crippen LogP contribution in [-0.4, -0.2) is 19.9 Å². The minimum atomic E-state index is 0.0330. The predicted molar refractivity (Wildman–Crippen MR) is 342 cm³/mol. The van der Waals surface area contributed by atoms with Gasteiger partial charge in [-0.05, 0) is 104 Å². The highest BCUT2D eigenvalue weighted by atomic mass is 32.1. The third kappa shape index (κ3) is 7.63. The quantitative estimate of drug-likeness (QED) is 0.152. The summed E-state index contributed by atoms with van der Waals surface area (Å²) in [6.45, 7) is 0. The van der Waals surface area contributed by atoms with Crippen molar-refractivity contribution in [3.63, 3.8) is 0 Å². The lowest BCUT2D eigenvalue weighted by Gasteiger charge is -2.42. The zero-order valence-corrected chi connectivity index (χ0v) is 45.8. The Morgan fingerprint density at radius 2 is 0.573 bits per heavy atom. The molecule has 0 radical (unpaired) electrons. The van der Waals surface area contributed by atoms with Gasteiger partial charge in [0, 0.05) is 85.6 Å². The fourth-order valence-electron chi connectivity index (χ4n) is 13.1. The van der Waals surface area contributed by atoms with E-state index >= 15 is 0 Å². The van der Waals surface area contributed by atoms with Crippen LogP contribution in [0.4, 0.5) is 0 Å². The third-order valence-corrected chi connectivity index (χ3v) is 19.2. The van der Waals surface area contributed by atoms with Gasteiger partial charge >= 0.3 is 0 Å². The molecule has 382 valence electrons. The van der Waals surface area contributed by atoms with Gasteiger partial charge < -0.3 is 0 Å². The van der Waals surface area contributed by atoms with Crippen LogP contribution >= 0.6 is 22.7 Å². The van der Waals surface area contributed by atoms with E-state index in [-0.39, 0.29) is 11.8 Å². The minimum Gasteiger partial charge on any atom is -0.228 e. The Morgan fingerprint density at radius 3 is 1.04 bits per heavy atom. The maximum Gasteiger partial charge on any atom is 0.160 e. The largest absolute Gasteiger partial charge is 0.228 e. The highest BCUT2D eigenvalue weighted by Crippen LogP contribution is 2.57. The van der Waals surface area contributed by atoms with Gasteiger partial charge in [-0.2, -0.15) is 0 Å². The second kappa shape index (κ2) is 18.8. The number of rotatable bonds is 8. The Morgan fingerprint density at radius 1 is 0.220 bits per heavy atom. The van der Waals surface area contributed by atoms with Crippen LogP contribution < -0.4 is 0 Å². The SMILES string of the molecule is c1ccc(-c2nc(-c3ccc4c(c3)C3c5ccccc5C4c4cc(-c5cc(-c6ccccc6-c6ccc7c(c6)sc6ccccc67)nc(-c6ccccc6)n5)ccc43)cc(-c3ccccc3-c3ccc4c(c3)sc3ccccc34)n2)cc1. The van der Waals surface area contributed by atoms with Crippen LogP contribution in [0.3, 0.4) is 0 Å². The van der Waals surface area contributed by atoms with Crippen molar-refractivity contribution >= 4 is 63.0 Å². The van der Waals surface area contributed by atoms with Gasteiger partial charge in [-0.15, -0.1) is 22.7 Å². The van der Waals surface area contributed by atoms with Crippen LogP contribution in [0.1, 0.15) is 45.2 Å². The monoisotopic (exact) mass is 1080 g/mol. The summed E-state index contributed by atoms with van der Waals surface area (Å²) in [5, 5.41) is 5.18. The molecule has 0 N–H and O–H groups in total. The lowest BCUT2D eigenvalue weighted by atomic mass is 9.60. The molecule has 4 heterocycles. The second-order valence-corrected chi connectivity index (χ2v) is 23.7. The second-order valence-electron chi connectivity index (χ2n) is 21.5. The number of benzene rings is 11. The van der Waals surface area contributed by atoms with Gasteiger partial charge in [0.05, 0.1) is 22.8 Å². The first kappa shape index (κ1) is 46.9. The first-order valence-corrected chi connectivity index (χ1v) is 29.5. The fourth-order valence-corrected chi connectivity index (χ4v) is 15.4. The molecule has 6 heteroatoms. The average Bonchev–Trinajstić information content (AvgIpc) is 1.27. The van der Waals surface area contributed by atoms with E-state index in [4.69, 9.17) is 19.9 Å². The van der Waals surface area contributed by atoms with E-state index in [0.717, 1.165) is 67.3 Å². The van der Waals surface area contributed by atoms with Gasteiger partial charge in [-0.25, -0.2) is 19.9 Å². The molecule has 2 bridgehead atoms. The molecule has 0 amide bonds. The molecule has 2 atom stereocenters. The van der Waals surface area contributed by atoms with Crippen molar-refractivity contribution in [3.05, 3.63) is 300 Å². The fraction of sp³-hybridized carbons (Fsp3) is 0.0263. The van der Waals surface area contributed by atoms with Crippen LogP contribution in [0.25, 0.3) is 130 Å². The highest BCUT2D eigenvalue weighted by Gasteiger charge is 2.41. The molecule has 11 aromatic carbocycles. The zero-order valence-electron chi connectivity index (χ0n) is 44.2. The van der Waals surface area contributed by atoms with Crippen molar-refractivity contribution in [1.29, 1.82) is 0 Å². The van der Waals surface area contributed by atoms with Crippen molar-refractivity contribution in [2.24, 2.45) is 0 Å². The minimum absolute atomic E-state index is 0.0330. The number of hydrogen-bond donors (Lipinski definition) is 0. The summed E-state index contributed by atoms with van der Waals surface area (Å²) in [5.41, 5.74) is 22.4. The van der Waals surface area contributed by atoms with Crippen molar-refractivity contribution in [2.45, 2.75) is 11.8 Å². The average molecular weight is 1080 g/mol. The molecule has 3 aliphatic carbocycles. The van der Waals surface area contributed by atoms with Gasteiger partial charge in [-0.1, -0.05) is 218 Å². The lowest BCUT2D eigenvalue weighted by molar-refractivity contribution is 0.755. The van der Waals surface area contributed by atoms with Crippen molar-refractivity contribution in [3.8, 4) is 90.1 Å². The summed E-state index contributed by atoms with van der Waals surface area (Å²) < 4.78 is 5.16. The van der Waals surface area contributed by atoms with Crippen LogP contribution in [0.2, 0.25) is 0 Å². The molecule has 0 fully saturated rings. The maximum atomic E-state index is 5.39. The molecular weight excluding hydrogens is 1030 g/mol. The number of fused-ring (bicyclic) bond motifs is 6. The molecule has 4 aromatic heterocycles. The molecule has 0 aliphatic heterocycles. The van der Waals surface area contributed by atoms with E-state index in [0.29, 0.717) is 11.6 Å². The summed E-state index contributed by atoms with van der Waals surface area (Å²) in [5.74, 6) is 1.47. The van der Waals surface area contributed by atoms with E-state index < -0.39 is 0 Å². The standard InChI is InChI=1S/C76H46N4S2/c1-3-17-45(18-4-1)75-77-65(43-67(79-75)53-23-9-7-21-51(53)47-31-35-57-55-25-13-15-29-69(55)81-71(57)41-47)49-33-37-61-63(39-49)73-59-27-11-12-28-60(59)74(61)64-40-50(34-38-62(64)73)66-44-68(80-76(78-66)46-19-5-2-6-20-46)54-24-10-8-22-52(54)48-32-36-58-56-26-14-16-30-70(56)82-72(58)42-48/h1-44,73-74H. The lowest BCUT2D eigenvalue weighted by Crippen LogP contribution is -2.27. The highest BCUT2D eigenvalue weighted by molar-refractivity contribution is 7.26. The van der Waals surface area contributed by atoms with Crippen molar-refractivity contribution in [2.75, 3.05) is 0 Å². The summed E-state index contributed by atoms with van der Waals surface area (Å²) in [6.07, 6.45) is 0. The number of aromatic nitrogens is 4. The summed E-state index contributed by atoms with van der Waals surface area (Å²) >= 11 is 3.70. The van der Waals surface area contributed by atoms with Crippen LogP contribution in [0.15, 0.2) is 267 Å². The van der Waals surface area contributed by atoms with E-state index in [1.165, 1.54) is 84.9 Å². The summed E-state index contributed by atoms with van der Waals surface area (Å²) in [7, 11) is 0. The van der Waals surface area contributed by atoms with E-state index in [2.05, 4.69) is 255 Å². The number of nitrogens with zero attached hydrogens (tertiary/aromatic N) is 4. The Kier molecular flexibility index (Phi) is 10.8. The number of hydrogen-bond acceptors (Lipinski definition) is 6. The third-order valence-electron chi connectivity index (χ3n) is 16.9. The van der Waals surface area contributed by atoms with E-state index in [9.17, 15) is 0 Å². The Labute approximate surface area is 482 Å². The molecule has 18 rings (SSSR count). The molecule has 0 spiro atoms.